The summed E-state index contributed by atoms with van der Waals surface area (Å²) in [5.41, 5.74) is 1.24. The van der Waals surface area contributed by atoms with Crippen molar-refractivity contribution in [1.29, 1.82) is 0 Å². The largest absolute Gasteiger partial charge is 0.497 e. The van der Waals surface area contributed by atoms with Crippen molar-refractivity contribution in [3.8, 4) is 5.75 Å². The van der Waals surface area contributed by atoms with Gasteiger partial charge in [0.05, 0.1) is 7.11 Å². The molecule has 0 saturated carbocycles. The fourth-order valence-electron chi connectivity index (χ4n) is 1.82. The first-order valence-electron chi connectivity index (χ1n) is 6.66. The van der Waals surface area contributed by atoms with Crippen molar-refractivity contribution in [2.24, 2.45) is 0 Å². The zero-order valence-electron chi connectivity index (χ0n) is 12.4. The van der Waals surface area contributed by atoms with Crippen molar-refractivity contribution in [3.05, 3.63) is 48.5 Å². The lowest BCUT2D eigenvalue weighted by atomic mass is 10.1. The predicted octanol–water partition coefficient (Wildman–Crippen LogP) is 5.06. The Labute approximate surface area is 125 Å². The molecule has 3 heteroatoms. The predicted molar refractivity (Wildman–Crippen MR) is 86.9 cm³/mol. The van der Waals surface area contributed by atoms with Crippen molar-refractivity contribution in [3.63, 3.8) is 0 Å². The first-order valence-corrected chi connectivity index (χ1v) is 7.48. The van der Waals surface area contributed by atoms with Crippen LogP contribution in [0.25, 0.3) is 0 Å². The third-order valence-corrected chi connectivity index (χ3v) is 3.68. The van der Waals surface area contributed by atoms with E-state index in [9.17, 15) is 0 Å². The Kier molecular flexibility index (Phi) is 4.61. The summed E-state index contributed by atoms with van der Waals surface area (Å²) in [5.74, 6) is 0.888. The Morgan fingerprint density at radius 3 is 1.80 bits per heavy atom. The van der Waals surface area contributed by atoms with E-state index < -0.39 is 0 Å². The van der Waals surface area contributed by atoms with Gasteiger partial charge in [-0.2, -0.15) is 0 Å². The molecule has 0 aliphatic heterocycles. The Balaban J connectivity index is 2.02. The van der Waals surface area contributed by atoms with Crippen LogP contribution in [0.15, 0.2) is 58.3 Å². The maximum absolute atomic E-state index is 5.16. The second-order valence-electron chi connectivity index (χ2n) is 5.68. The maximum atomic E-state index is 5.16. The van der Waals surface area contributed by atoms with Crippen molar-refractivity contribution in [2.75, 3.05) is 12.4 Å². The molecule has 0 aliphatic rings. The van der Waals surface area contributed by atoms with E-state index in [0.717, 1.165) is 11.4 Å². The monoisotopic (exact) mass is 287 g/mol. The van der Waals surface area contributed by atoms with Crippen molar-refractivity contribution in [2.45, 2.75) is 36.1 Å². The van der Waals surface area contributed by atoms with Crippen LogP contribution in [-0.2, 0) is 0 Å². The first-order chi connectivity index (χ1) is 9.46. The lowest BCUT2D eigenvalue weighted by molar-refractivity contribution is 0.414. The Hall–Kier alpha value is -1.61. The lowest BCUT2D eigenvalue weighted by Crippen LogP contribution is -2.25. The molecule has 1 N–H and O–H groups in total. The molecule has 0 spiro atoms. The van der Waals surface area contributed by atoms with E-state index in [1.54, 1.807) is 18.9 Å². The maximum Gasteiger partial charge on any atom is 0.118 e. The smallest absolute Gasteiger partial charge is 0.118 e. The molecular formula is C17H21NOS. The van der Waals surface area contributed by atoms with Crippen LogP contribution in [0.1, 0.15) is 20.8 Å². The number of nitrogens with one attached hydrogen (secondary N) is 1. The number of hydrogen-bond donors (Lipinski definition) is 1. The van der Waals surface area contributed by atoms with Gasteiger partial charge in [-0.25, -0.2) is 0 Å². The van der Waals surface area contributed by atoms with Crippen LogP contribution in [0.5, 0.6) is 5.75 Å². The molecule has 0 amide bonds. The second-order valence-corrected chi connectivity index (χ2v) is 6.82. The molecule has 2 aromatic rings. The van der Waals surface area contributed by atoms with Gasteiger partial charge in [0, 0.05) is 21.0 Å². The van der Waals surface area contributed by atoms with Gasteiger partial charge < -0.3 is 10.1 Å². The summed E-state index contributed by atoms with van der Waals surface area (Å²) in [6.07, 6.45) is 0. The summed E-state index contributed by atoms with van der Waals surface area (Å²) in [5, 5.41) is 3.46. The second kappa shape index (κ2) is 6.23. The summed E-state index contributed by atoms with van der Waals surface area (Å²) < 4.78 is 5.16. The molecule has 20 heavy (non-hydrogen) atoms. The van der Waals surface area contributed by atoms with Crippen molar-refractivity contribution in [1.82, 2.24) is 0 Å². The van der Waals surface area contributed by atoms with Crippen LogP contribution in [-0.4, -0.2) is 12.6 Å². The van der Waals surface area contributed by atoms with Gasteiger partial charge in [-0.05, 0) is 69.3 Å². The van der Waals surface area contributed by atoms with Gasteiger partial charge >= 0.3 is 0 Å². The van der Waals surface area contributed by atoms with Gasteiger partial charge in [0.25, 0.3) is 0 Å². The molecule has 0 bridgehead atoms. The minimum atomic E-state index is 0.0879. The fourth-order valence-corrected chi connectivity index (χ4v) is 2.64. The topological polar surface area (TPSA) is 21.3 Å². The molecule has 0 aliphatic carbocycles. The average molecular weight is 287 g/mol. The number of methoxy groups -OCH3 is 1. The highest BCUT2D eigenvalue weighted by atomic mass is 32.2. The van der Waals surface area contributed by atoms with Crippen LogP contribution in [0.2, 0.25) is 0 Å². The third kappa shape index (κ3) is 4.49. The summed E-state index contributed by atoms with van der Waals surface area (Å²) in [4.78, 5) is 2.44. The van der Waals surface area contributed by atoms with E-state index in [1.807, 2.05) is 12.1 Å². The van der Waals surface area contributed by atoms with Crippen molar-refractivity contribution < 1.29 is 4.74 Å². The van der Waals surface area contributed by atoms with Gasteiger partial charge in [-0.1, -0.05) is 11.8 Å². The number of benzene rings is 2. The summed E-state index contributed by atoms with van der Waals surface area (Å²) >= 11 is 1.75. The molecule has 0 unspecified atom stereocenters. The fraction of sp³-hybridized carbons (Fsp3) is 0.294. The summed E-state index contributed by atoms with van der Waals surface area (Å²) in [6, 6.07) is 16.6. The van der Waals surface area contributed by atoms with E-state index in [1.165, 1.54) is 9.79 Å². The number of ether oxygens (including phenoxy) is 1. The normalized spacial score (nSPS) is 11.2. The molecule has 0 aromatic heterocycles. The van der Waals surface area contributed by atoms with Gasteiger partial charge in [0.1, 0.15) is 5.75 Å². The van der Waals surface area contributed by atoms with Gasteiger partial charge in [0.2, 0.25) is 0 Å². The zero-order valence-corrected chi connectivity index (χ0v) is 13.3. The average Bonchev–Trinajstić information content (AvgIpc) is 2.40. The molecular weight excluding hydrogens is 266 g/mol. The van der Waals surface area contributed by atoms with Gasteiger partial charge in [-0.15, -0.1) is 0 Å². The first kappa shape index (κ1) is 14.8. The van der Waals surface area contributed by atoms with E-state index in [4.69, 9.17) is 4.74 Å². The minimum Gasteiger partial charge on any atom is -0.497 e. The van der Waals surface area contributed by atoms with Crippen LogP contribution < -0.4 is 10.1 Å². The van der Waals surface area contributed by atoms with Gasteiger partial charge in [0.15, 0.2) is 0 Å². The Morgan fingerprint density at radius 2 is 1.35 bits per heavy atom. The molecule has 106 valence electrons. The molecule has 2 rings (SSSR count). The van der Waals surface area contributed by atoms with E-state index in [0.29, 0.717) is 0 Å². The van der Waals surface area contributed by atoms with E-state index >= 15 is 0 Å². The molecule has 0 saturated heterocycles. The third-order valence-electron chi connectivity index (χ3n) is 2.67. The molecule has 2 aromatic carbocycles. The highest BCUT2D eigenvalue weighted by molar-refractivity contribution is 7.99. The standard InChI is InChI=1S/C17H21NOS/c1-17(2,3)18-13-5-9-15(10-6-13)20-16-11-7-14(19-4)8-12-16/h5-12,18H,1-4H3. The van der Waals surface area contributed by atoms with Crippen LogP contribution in [0.4, 0.5) is 5.69 Å². The minimum absolute atomic E-state index is 0.0879. The highest BCUT2D eigenvalue weighted by Crippen LogP contribution is 2.30. The van der Waals surface area contributed by atoms with Gasteiger partial charge in [-0.3, -0.25) is 0 Å². The summed E-state index contributed by atoms with van der Waals surface area (Å²) in [7, 11) is 1.68. The molecule has 0 radical (unpaired) electrons. The number of hydrogen-bond acceptors (Lipinski definition) is 3. The number of anilines is 1. The van der Waals surface area contributed by atoms with E-state index in [2.05, 4.69) is 62.5 Å². The van der Waals surface area contributed by atoms with Crippen LogP contribution >= 0.6 is 11.8 Å². The van der Waals surface area contributed by atoms with E-state index in [-0.39, 0.29) is 5.54 Å². The molecule has 0 fully saturated rings. The Morgan fingerprint density at radius 1 is 0.850 bits per heavy atom. The Bertz CT molecular complexity index is 541. The zero-order chi connectivity index (χ0) is 14.6. The molecule has 0 atom stereocenters. The molecule has 0 heterocycles. The number of rotatable bonds is 4. The lowest BCUT2D eigenvalue weighted by Gasteiger charge is -2.22. The van der Waals surface area contributed by atoms with Crippen LogP contribution in [0, 0.1) is 0 Å². The highest BCUT2D eigenvalue weighted by Gasteiger charge is 2.08. The summed E-state index contributed by atoms with van der Waals surface area (Å²) in [6.45, 7) is 6.48. The van der Waals surface area contributed by atoms with Crippen LogP contribution in [0.3, 0.4) is 0 Å². The van der Waals surface area contributed by atoms with Crippen molar-refractivity contribution >= 4 is 17.4 Å². The quantitative estimate of drug-likeness (QED) is 0.849. The molecule has 2 nitrogen and oxygen atoms in total. The SMILES string of the molecule is COc1ccc(Sc2ccc(NC(C)(C)C)cc2)cc1.